The van der Waals surface area contributed by atoms with Crippen molar-refractivity contribution in [3.05, 3.63) is 84.4 Å². The summed E-state index contributed by atoms with van der Waals surface area (Å²) in [4.78, 5) is 28.0. The largest absolute Gasteiger partial charge is 0.495 e. The van der Waals surface area contributed by atoms with E-state index in [4.69, 9.17) is 9.72 Å². The summed E-state index contributed by atoms with van der Waals surface area (Å²) in [7, 11) is 1.60. The van der Waals surface area contributed by atoms with E-state index in [-0.39, 0.29) is 13.1 Å². The molecule has 1 aromatic carbocycles. The third kappa shape index (κ3) is 4.51. The van der Waals surface area contributed by atoms with Crippen LogP contribution in [0.1, 0.15) is 37.1 Å². The average molecular weight is 430 g/mol. The highest BCUT2D eigenvalue weighted by Gasteiger charge is 2.22. The van der Waals surface area contributed by atoms with Crippen LogP contribution in [0.4, 0.5) is 23.1 Å². The molecule has 3 aromatic rings. The number of anilines is 4. The summed E-state index contributed by atoms with van der Waals surface area (Å²) in [5.74, 6) is 2.04. The van der Waals surface area contributed by atoms with Gasteiger partial charge in [-0.05, 0) is 25.1 Å². The number of allylic oxidation sites excluding steroid dienone is 3. The number of benzene rings is 1. The maximum absolute atomic E-state index is 12.4. The van der Waals surface area contributed by atoms with Gasteiger partial charge in [-0.1, -0.05) is 37.3 Å². The number of hydrogen-bond acceptors (Lipinski definition) is 7. The van der Waals surface area contributed by atoms with Gasteiger partial charge in [0.05, 0.1) is 25.2 Å². The zero-order valence-corrected chi connectivity index (χ0v) is 18.3. The molecule has 164 valence electrons. The van der Waals surface area contributed by atoms with E-state index >= 15 is 0 Å². The first-order valence-electron chi connectivity index (χ1n) is 10.4. The molecule has 1 atom stereocenters. The maximum Gasteiger partial charge on any atom is 0.229 e. The molecule has 1 aliphatic heterocycles. The molecule has 0 amide bonds. The zero-order chi connectivity index (χ0) is 22.5. The Morgan fingerprint density at radius 3 is 2.97 bits per heavy atom. The summed E-state index contributed by atoms with van der Waals surface area (Å²) < 4.78 is 5.24. The Labute approximate surface area is 189 Å². The third-order valence-corrected chi connectivity index (χ3v) is 5.22. The smallest absolute Gasteiger partial charge is 0.229 e. The van der Waals surface area contributed by atoms with Gasteiger partial charge in [0.1, 0.15) is 11.6 Å². The van der Waals surface area contributed by atoms with Crippen LogP contribution in [0.2, 0.25) is 0 Å². The standard InChI is InChI=1S/C25H25N5O2.H2/c1-4-7-23(31)18-9-5-10-20(12-18)30-11-6-8-17(2)22-16-27-25(29-24(22)30)28-19-13-21(32-3)15-26-14-19;/h4-10,12-17H,11H2,1-3H3,(H,27,28,29);1H/b7-4+;. The molecule has 0 aliphatic carbocycles. The summed E-state index contributed by atoms with van der Waals surface area (Å²) in [5.41, 5.74) is 3.28. The lowest BCUT2D eigenvalue weighted by molar-refractivity contribution is 0.104. The van der Waals surface area contributed by atoms with Crippen LogP contribution >= 0.6 is 0 Å². The number of hydrogen-bond donors (Lipinski definition) is 1. The number of aromatic nitrogens is 3. The predicted octanol–water partition coefficient (Wildman–Crippen LogP) is 5.44. The van der Waals surface area contributed by atoms with Gasteiger partial charge in [-0.25, -0.2) is 4.98 Å². The number of nitrogens with zero attached hydrogens (tertiary/aromatic N) is 4. The fraction of sp³-hybridized carbons (Fsp3) is 0.200. The van der Waals surface area contributed by atoms with Crippen molar-refractivity contribution in [1.29, 1.82) is 0 Å². The Morgan fingerprint density at radius 1 is 1.28 bits per heavy atom. The zero-order valence-electron chi connectivity index (χ0n) is 18.3. The minimum absolute atomic E-state index is 0. The lowest BCUT2D eigenvalue weighted by atomic mass is 10.0. The minimum atomic E-state index is -0.0242. The van der Waals surface area contributed by atoms with Gasteiger partial charge in [-0.3, -0.25) is 9.78 Å². The molecule has 7 heteroatoms. The van der Waals surface area contributed by atoms with Crippen molar-refractivity contribution in [1.82, 2.24) is 15.0 Å². The Kier molecular flexibility index (Phi) is 6.26. The monoisotopic (exact) mass is 429 g/mol. The number of nitrogens with one attached hydrogen (secondary N) is 1. The fourth-order valence-corrected chi connectivity index (χ4v) is 3.57. The van der Waals surface area contributed by atoms with Gasteiger partial charge in [0.25, 0.3) is 0 Å². The highest BCUT2D eigenvalue weighted by molar-refractivity contribution is 6.05. The van der Waals surface area contributed by atoms with Gasteiger partial charge in [-0.2, -0.15) is 4.98 Å². The summed E-state index contributed by atoms with van der Waals surface area (Å²) in [5, 5.41) is 3.21. The number of ketones is 1. The molecular formula is C25H27N5O2. The highest BCUT2D eigenvalue weighted by atomic mass is 16.5. The van der Waals surface area contributed by atoms with Gasteiger partial charge in [-0.15, -0.1) is 0 Å². The van der Waals surface area contributed by atoms with Gasteiger partial charge < -0.3 is 15.0 Å². The molecule has 1 unspecified atom stereocenters. The van der Waals surface area contributed by atoms with E-state index in [0.717, 1.165) is 22.8 Å². The van der Waals surface area contributed by atoms with Gasteiger partial charge in [0.15, 0.2) is 5.78 Å². The molecule has 0 saturated carbocycles. The Bertz CT molecular complexity index is 1190. The fourth-order valence-electron chi connectivity index (χ4n) is 3.57. The molecule has 0 fully saturated rings. The van der Waals surface area contributed by atoms with Crippen molar-refractivity contribution in [2.24, 2.45) is 0 Å². The van der Waals surface area contributed by atoms with E-state index in [1.165, 1.54) is 0 Å². The van der Waals surface area contributed by atoms with Gasteiger partial charge >= 0.3 is 0 Å². The van der Waals surface area contributed by atoms with E-state index in [2.05, 4.69) is 39.3 Å². The number of methoxy groups -OCH3 is 1. The first kappa shape index (κ1) is 21.2. The summed E-state index contributed by atoms with van der Waals surface area (Å²) in [6.45, 7) is 4.59. The lowest BCUT2D eigenvalue weighted by Gasteiger charge is -2.25. The molecule has 0 saturated heterocycles. The number of rotatable bonds is 6. The van der Waals surface area contributed by atoms with Crippen LogP contribution in [0, 0.1) is 0 Å². The summed E-state index contributed by atoms with van der Waals surface area (Å²) in [6, 6.07) is 9.44. The molecule has 32 heavy (non-hydrogen) atoms. The second-order valence-corrected chi connectivity index (χ2v) is 7.45. The van der Waals surface area contributed by atoms with Gasteiger partial charge in [0, 0.05) is 43.0 Å². The van der Waals surface area contributed by atoms with E-state index in [0.29, 0.717) is 23.8 Å². The van der Waals surface area contributed by atoms with Crippen molar-refractivity contribution in [3.8, 4) is 5.75 Å². The summed E-state index contributed by atoms with van der Waals surface area (Å²) >= 11 is 0. The second-order valence-electron chi connectivity index (χ2n) is 7.45. The quantitative estimate of drug-likeness (QED) is 0.317. The highest BCUT2D eigenvalue weighted by Crippen LogP contribution is 2.35. The maximum atomic E-state index is 12.4. The topological polar surface area (TPSA) is 80.2 Å². The van der Waals surface area contributed by atoms with Crippen molar-refractivity contribution in [3.63, 3.8) is 0 Å². The molecular weight excluding hydrogens is 402 g/mol. The van der Waals surface area contributed by atoms with Crippen molar-refractivity contribution in [2.45, 2.75) is 19.8 Å². The molecule has 3 heterocycles. The summed E-state index contributed by atoms with van der Waals surface area (Å²) in [6.07, 6.45) is 12.8. The minimum Gasteiger partial charge on any atom is -0.495 e. The number of carbonyl (C=O) groups excluding carboxylic acids is 1. The second kappa shape index (κ2) is 9.43. The van der Waals surface area contributed by atoms with Crippen LogP contribution < -0.4 is 15.0 Å². The van der Waals surface area contributed by atoms with Crippen LogP contribution in [0.5, 0.6) is 5.75 Å². The first-order chi connectivity index (χ1) is 15.6. The van der Waals surface area contributed by atoms with Gasteiger partial charge in [0.2, 0.25) is 5.95 Å². The average Bonchev–Trinajstić information content (AvgIpc) is 2.98. The Balaban J connectivity index is 0.00000306. The molecule has 0 spiro atoms. The van der Waals surface area contributed by atoms with Crippen LogP contribution in [0.3, 0.4) is 0 Å². The molecule has 0 radical (unpaired) electrons. The molecule has 0 bridgehead atoms. The molecule has 1 N–H and O–H groups in total. The van der Waals surface area contributed by atoms with Crippen molar-refractivity contribution >= 4 is 28.9 Å². The van der Waals surface area contributed by atoms with Crippen LogP contribution in [0.15, 0.2) is 73.2 Å². The number of pyridine rings is 1. The Morgan fingerprint density at radius 2 is 2.16 bits per heavy atom. The molecule has 2 aromatic heterocycles. The van der Waals surface area contributed by atoms with E-state index in [1.54, 1.807) is 31.7 Å². The van der Waals surface area contributed by atoms with E-state index in [9.17, 15) is 4.79 Å². The first-order valence-corrected chi connectivity index (χ1v) is 10.4. The lowest BCUT2D eigenvalue weighted by Crippen LogP contribution is -2.20. The third-order valence-electron chi connectivity index (χ3n) is 5.22. The number of ether oxygens (including phenoxy) is 1. The number of fused-ring (bicyclic) bond motifs is 1. The SMILES string of the molecule is C/C=C/C(=O)c1cccc(N2CC=CC(C)c3cnc(Nc4cncc(OC)c4)nc32)c1.[HH]. The Hall–Kier alpha value is -4.00. The van der Waals surface area contributed by atoms with Crippen molar-refractivity contribution in [2.75, 3.05) is 23.9 Å². The van der Waals surface area contributed by atoms with Crippen LogP contribution in [-0.2, 0) is 0 Å². The predicted molar refractivity (Wildman–Crippen MR) is 128 cm³/mol. The van der Waals surface area contributed by atoms with E-state index < -0.39 is 0 Å². The molecule has 4 rings (SSSR count). The van der Waals surface area contributed by atoms with Crippen molar-refractivity contribution < 1.29 is 11.0 Å². The molecule has 1 aliphatic rings. The molecule has 7 nitrogen and oxygen atoms in total. The van der Waals surface area contributed by atoms with E-state index in [1.807, 2.05) is 43.5 Å². The number of carbonyl (C=O) groups is 1. The normalized spacial score (nSPS) is 15.3. The van der Waals surface area contributed by atoms with Crippen LogP contribution in [0.25, 0.3) is 0 Å². The van der Waals surface area contributed by atoms with Crippen LogP contribution in [-0.4, -0.2) is 34.4 Å².